The molecule has 262 valence electrons. The van der Waals surface area contributed by atoms with Crippen LogP contribution in [0.15, 0.2) is 69.6 Å². The maximum atomic E-state index is 13.6. The molecule has 0 radical (unpaired) electrons. The number of pyridine rings is 1. The number of carbonyl (C=O) groups excluding carboxylic acids is 5. The lowest BCUT2D eigenvalue weighted by Gasteiger charge is -2.30. The van der Waals surface area contributed by atoms with Gasteiger partial charge in [0.25, 0.3) is 5.91 Å². The minimum Gasteiger partial charge on any atom is -0.460 e. The fourth-order valence-corrected chi connectivity index (χ4v) is 5.85. The van der Waals surface area contributed by atoms with E-state index in [0.29, 0.717) is 28.7 Å². The second-order valence-corrected chi connectivity index (χ2v) is 12.8. The van der Waals surface area contributed by atoms with Crippen LogP contribution in [0.2, 0.25) is 0 Å². The van der Waals surface area contributed by atoms with Crippen LogP contribution in [0.5, 0.6) is 0 Å². The molecule has 1 fully saturated rings. The number of allylic oxidation sites excluding steroid dienone is 2. The molecule has 4 heterocycles. The maximum absolute atomic E-state index is 13.6. The van der Waals surface area contributed by atoms with E-state index < -0.39 is 54.0 Å². The minimum absolute atomic E-state index is 0.0173. The summed E-state index contributed by atoms with van der Waals surface area (Å²) in [4.78, 5) is 74.3. The Bertz CT molecular complexity index is 1620. The van der Waals surface area contributed by atoms with Crippen LogP contribution in [-0.2, 0) is 30.3 Å². The third-order valence-corrected chi connectivity index (χ3v) is 8.34. The quantitative estimate of drug-likeness (QED) is 0.304. The van der Waals surface area contributed by atoms with E-state index in [0.717, 1.165) is 6.26 Å². The van der Waals surface area contributed by atoms with Gasteiger partial charge in [-0.15, -0.1) is 0 Å². The fraction of sp³-hybridized carbons (Fsp3) is 0.441. The van der Waals surface area contributed by atoms with Gasteiger partial charge in [0, 0.05) is 43.2 Å². The molecule has 4 rings (SSSR count). The van der Waals surface area contributed by atoms with Crippen molar-refractivity contribution in [2.45, 2.75) is 64.7 Å². The highest BCUT2D eigenvalue weighted by atomic mass is 79.9. The molecular weight excluding hydrogens is 702 g/mol. The van der Waals surface area contributed by atoms with Crippen molar-refractivity contribution in [2.24, 2.45) is 11.8 Å². The standard InChI is InChI=1S/C34H40BrN5O9/c1-20-6-4-11-37-29(43)9-8-21(2)31(22(3)18-48-34(46)38-23-10-12-36-28(35)15-23)49-33(45)27-7-5-13-40(27)32(44)26-19-47-30(39-26)17-25(42)16-24(41)14-20/h4,6,8-10,12,14-15,19,21-22,24,27,31,41H,5,7,11,13,16-18H2,1-3H3,(H,37,43)(H,36,38,46)/b6-4+,9-8+,20-14+/t21-,22-,24-,27-,31+/m1/s1. The molecular formula is C34H40BrN5O9. The number of amides is 3. The Hall–Kier alpha value is -4.63. The zero-order chi connectivity index (χ0) is 35.5. The van der Waals surface area contributed by atoms with Crippen molar-refractivity contribution in [3.05, 3.63) is 76.7 Å². The number of nitrogens with zero attached hydrogens (tertiary/aromatic N) is 3. The van der Waals surface area contributed by atoms with Crippen molar-refractivity contribution in [1.82, 2.24) is 20.2 Å². The Morgan fingerprint density at radius 1 is 1.27 bits per heavy atom. The second-order valence-electron chi connectivity index (χ2n) is 12.0. The number of cyclic esters (lactones) is 1. The third-order valence-electron chi connectivity index (χ3n) is 7.90. The molecule has 2 aromatic rings. The number of hydrogen-bond acceptors (Lipinski definition) is 11. The van der Waals surface area contributed by atoms with E-state index >= 15 is 0 Å². The first-order chi connectivity index (χ1) is 23.4. The molecule has 14 nitrogen and oxygen atoms in total. The van der Waals surface area contributed by atoms with E-state index in [1.807, 2.05) is 0 Å². The number of rotatable bonds is 4. The topological polar surface area (TPSA) is 190 Å². The first-order valence-electron chi connectivity index (χ1n) is 15.9. The number of hydrogen-bond donors (Lipinski definition) is 3. The Balaban J connectivity index is 1.54. The number of ether oxygens (including phenoxy) is 2. The summed E-state index contributed by atoms with van der Waals surface area (Å²) in [5.41, 5.74) is 1.09. The van der Waals surface area contributed by atoms with Crippen molar-refractivity contribution >= 4 is 51.3 Å². The Morgan fingerprint density at radius 2 is 2.06 bits per heavy atom. The van der Waals surface area contributed by atoms with E-state index in [9.17, 15) is 29.1 Å². The van der Waals surface area contributed by atoms with E-state index in [1.165, 1.54) is 23.2 Å². The zero-order valence-corrected chi connectivity index (χ0v) is 29.1. The number of oxazole rings is 1. The van der Waals surface area contributed by atoms with Gasteiger partial charge in [0.1, 0.15) is 28.8 Å². The summed E-state index contributed by atoms with van der Waals surface area (Å²) in [6.07, 6.45) is 8.38. The normalized spacial score (nSPS) is 26.0. The summed E-state index contributed by atoms with van der Waals surface area (Å²) in [6, 6.07) is 2.28. The number of Topliss-reactive ketones (excluding diaryl/α,β-unsaturated/α-hetero) is 1. The predicted octanol–water partition coefficient (Wildman–Crippen LogP) is 3.92. The molecule has 0 unspecified atom stereocenters. The van der Waals surface area contributed by atoms with Crippen molar-refractivity contribution in [3.8, 4) is 0 Å². The molecule has 5 atom stereocenters. The highest BCUT2D eigenvalue weighted by Crippen LogP contribution is 2.26. The lowest BCUT2D eigenvalue weighted by atomic mass is 9.93. The van der Waals surface area contributed by atoms with Gasteiger partial charge in [-0.25, -0.2) is 19.6 Å². The summed E-state index contributed by atoms with van der Waals surface area (Å²) < 4.78 is 17.4. The number of anilines is 1. The summed E-state index contributed by atoms with van der Waals surface area (Å²) in [7, 11) is 0. The Labute approximate surface area is 292 Å². The highest BCUT2D eigenvalue weighted by Gasteiger charge is 2.39. The zero-order valence-electron chi connectivity index (χ0n) is 27.5. The largest absolute Gasteiger partial charge is 0.460 e. The van der Waals surface area contributed by atoms with Crippen LogP contribution in [0.4, 0.5) is 10.5 Å². The monoisotopic (exact) mass is 741 g/mol. The number of aliphatic hydroxyl groups excluding tert-OH is 1. The molecule has 2 aromatic heterocycles. The fourth-order valence-electron chi connectivity index (χ4n) is 5.49. The number of aromatic nitrogens is 2. The van der Waals surface area contributed by atoms with Crippen LogP contribution in [0.25, 0.3) is 0 Å². The van der Waals surface area contributed by atoms with E-state index in [-0.39, 0.29) is 49.9 Å². The van der Waals surface area contributed by atoms with Crippen molar-refractivity contribution in [1.29, 1.82) is 0 Å². The molecule has 2 aliphatic heterocycles. The molecule has 1 saturated heterocycles. The first kappa shape index (κ1) is 37.2. The van der Waals surface area contributed by atoms with Gasteiger partial charge >= 0.3 is 12.1 Å². The average Bonchev–Trinajstić information content (AvgIpc) is 3.73. The summed E-state index contributed by atoms with van der Waals surface area (Å²) >= 11 is 3.25. The number of fused-ring (bicyclic) bond motifs is 3. The Kier molecular flexibility index (Phi) is 13.4. The van der Waals surface area contributed by atoms with Crippen molar-refractivity contribution < 1.29 is 43.0 Å². The van der Waals surface area contributed by atoms with Gasteiger partial charge in [-0.2, -0.15) is 0 Å². The predicted molar refractivity (Wildman–Crippen MR) is 180 cm³/mol. The van der Waals surface area contributed by atoms with Gasteiger partial charge in [-0.05, 0) is 53.9 Å². The van der Waals surface area contributed by atoms with Gasteiger partial charge in [0.05, 0.1) is 19.1 Å². The Morgan fingerprint density at radius 3 is 2.84 bits per heavy atom. The number of aliphatic hydroxyl groups is 1. The molecule has 0 aliphatic carbocycles. The van der Waals surface area contributed by atoms with Crippen molar-refractivity contribution in [3.63, 3.8) is 0 Å². The van der Waals surface area contributed by atoms with Gasteiger partial charge in [-0.1, -0.05) is 43.7 Å². The van der Waals surface area contributed by atoms with Crippen LogP contribution in [-0.4, -0.2) is 87.6 Å². The second kappa shape index (κ2) is 17.7. The van der Waals surface area contributed by atoms with Gasteiger partial charge in [0.2, 0.25) is 11.8 Å². The van der Waals surface area contributed by atoms with Crippen molar-refractivity contribution in [2.75, 3.05) is 25.0 Å². The number of carbonyl (C=O) groups is 5. The first-order valence-corrected chi connectivity index (χ1v) is 16.7. The van der Waals surface area contributed by atoms with Gasteiger partial charge < -0.3 is 29.2 Å². The van der Waals surface area contributed by atoms with Gasteiger partial charge in [-0.3, -0.25) is 19.7 Å². The highest BCUT2D eigenvalue weighted by molar-refractivity contribution is 9.10. The summed E-state index contributed by atoms with van der Waals surface area (Å²) in [5, 5.41) is 15.7. The van der Waals surface area contributed by atoms with E-state index in [2.05, 4.69) is 36.5 Å². The molecule has 0 saturated carbocycles. The average molecular weight is 743 g/mol. The summed E-state index contributed by atoms with van der Waals surface area (Å²) in [6.45, 7) is 5.61. The summed E-state index contributed by atoms with van der Waals surface area (Å²) in [5.74, 6) is -2.95. The molecule has 15 heteroatoms. The SMILES string of the molecule is CC1=C\[C@@H](O)CC(=O)Cc2nc(co2)C(=O)N2CCC[C@@H]2C(=O)O[C@H]([C@H](C)COC(=O)Nc2ccnc(Br)c2)[C@H](C)/C=C/C(=O)NC\C=C\1. The van der Waals surface area contributed by atoms with E-state index in [1.54, 1.807) is 51.1 Å². The number of ketones is 1. The van der Waals surface area contributed by atoms with Crippen LogP contribution in [0.3, 0.4) is 0 Å². The maximum Gasteiger partial charge on any atom is 0.411 e. The molecule has 0 spiro atoms. The number of halogens is 1. The number of nitrogens with one attached hydrogen (secondary N) is 2. The van der Waals surface area contributed by atoms with Crippen LogP contribution in [0.1, 0.15) is 56.4 Å². The molecule has 0 aromatic carbocycles. The van der Waals surface area contributed by atoms with E-state index in [4.69, 9.17) is 13.9 Å². The molecule has 2 aliphatic rings. The molecule has 2 bridgehead atoms. The van der Waals surface area contributed by atoms with Crippen LogP contribution in [0, 0.1) is 11.8 Å². The number of esters is 1. The van der Waals surface area contributed by atoms with Crippen LogP contribution < -0.4 is 10.6 Å². The minimum atomic E-state index is -1.05. The van der Waals surface area contributed by atoms with Crippen LogP contribution >= 0.6 is 15.9 Å². The third kappa shape index (κ3) is 11.2. The van der Waals surface area contributed by atoms with Gasteiger partial charge in [0.15, 0.2) is 5.69 Å². The smallest absolute Gasteiger partial charge is 0.411 e. The lowest BCUT2D eigenvalue weighted by Crippen LogP contribution is -2.44. The molecule has 3 amide bonds. The molecule has 49 heavy (non-hydrogen) atoms. The lowest BCUT2D eigenvalue weighted by molar-refractivity contribution is -0.159. The molecule has 3 N–H and O–H groups in total.